The maximum atomic E-state index is 12.2. The van der Waals surface area contributed by atoms with Crippen LogP contribution in [0.2, 0.25) is 5.02 Å². The number of rotatable bonds is 7. The van der Waals surface area contributed by atoms with Gasteiger partial charge in [-0.1, -0.05) is 23.7 Å². The topological polar surface area (TPSA) is 76.1 Å². The standard InChI is InChI=1S/C16H20ClNO5/c1-22-6-7-23-10-15(19)18-8-13(14(9-18)16(20)21)11-2-4-12(17)5-3-11/h2-5,13-14H,6-10H2,1H3,(H,20,21)/t13-,14+/m0/s1. The number of nitrogens with zero attached hydrogens (tertiary/aromatic N) is 1. The van der Waals surface area contributed by atoms with E-state index in [1.165, 1.54) is 0 Å². The molecule has 0 radical (unpaired) electrons. The number of carboxylic acids is 1. The molecule has 126 valence electrons. The van der Waals surface area contributed by atoms with Crippen molar-refractivity contribution in [2.45, 2.75) is 5.92 Å². The minimum atomic E-state index is -0.902. The number of benzene rings is 1. The van der Waals surface area contributed by atoms with Gasteiger partial charge in [-0.15, -0.1) is 0 Å². The third-order valence-electron chi connectivity index (χ3n) is 3.95. The van der Waals surface area contributed by atoms with Gasteiger partial charge in [-0.3, -0.25) is 9.59 Å². The number of carbonyl (C=O) groups excluding carboxylic acids is 1. The van der Waals surface area contributed by atoms with Gasteiger partial charge >= 0.3 is 5.97 Å². The Morgan fingerprint density at radius 1 is 1.26 bits per heavy atom. The summed E-state index contributed by atoms with van der Waals surface area (Å²) in [4.78, 5) is 25.2. The number of hydrogen-bond acceptors (Lipinski definition) is 4. The molecule has 0 aliphatic carbocycles. The first kappa shape index (κ1) is 17.7. The van der Waals surface area contributed by atoms with Gasteiger partial charge in [-0.05, 0) is 17.7 Å². The number of hydrogen-bond donors (Lipinski definition) is 1. The fourth-order valence-corrected chi connectivity index (χ4v) is 2.82. The van der Waals surface area contributed by atoms with Crippen LogP contribution in [0.1, 0.15) is 11.5 Å². The monoisotopic (exact) mass is 341 g/mol. The molecule has 0 spiro atoms. The Morgan fingerprint density at radius 3 is 2.57 bits per heavy atom. The largest absolute Gasteiger partial charge is 0.481 e. The number of carboxylic acid groups (broad SMARTS) is 1. The van der Waals surface area contributed by atoms with Crippen molar-refractivity contribution in [1.82, 2.24) is 4.90 Å². The van der Waals surface area contributed by atoms with Gasteiger partial charge in [-0.25, -0.2) is 0 Å². The summed E-state index contributed by atoms with van der Waals surface area (Å²) in [5.41, 5.74) is 0.873. The molecule has 0 saturated carbocycles. The summed E-state index contributed by atoms with van der Waals surface area (Å²) in [7, 11) is 1.56. The lowest BCUT2D eigenvalue weighted by molar-refractivity contribution is -0.142. The lowest BCUT2D eigenvalue weighted by atomic mass is 9.89. The van der Waals surface area contributed by atoms with E-state index in [-0.39, 0.29) is 25.0 Å². The van der Waals surface area contributed by atoms with Gasteiger partial charge in [0, 0.05) is 31.1 Å². The molecular formula is C16H20ClNO5. The first-order valence-electron chi connectivity index (χ1n) is 7.35. The van der Waals surface area contributed by atoms with Gasteiger partial charge in [0.25, 0.3) is 0 Å². The molecule has 1 saturated heterocycles. The van der Waals surface area contributed by atoms with Crippen molar-refractivity contribution in [2.24, 2.45) is 5.92 Å². The molecule has 2 rings (SSSR count). The zero-order chi connectivity index (χ0) is 16.8. The van der Waals surface area contributed by atoms with Crippen molar-refractivity contribution >= 4 is 23.5 Å². The molecule has 0 bridgehead atoms. The van der Waals surface area contributed by atoms with Crippen LogP contribution in [0.3, 0.4) is 0 Å². The maximum absolute atomic E-state index is 12.2. The third kappa shape index (κ3) is 4.67. The summed E-state index contributed by atoms with van der Waals surface area (Å²) in [6, 6.07) is 7.08. The molecule has 6 nitrogen and oxygen atoms in total. The molecule has 1 heterocycles. The van der Waals surface area contributed by atoms with Crippen molar-refractivity contribution in [3.63, 3.8) is 0 Å². The first-order chi connectivity index (χ1) is 11.0. The third-order valence-corrected chi connectivity index (χ3v) is 4.20. The highest BCUT2D eigenvalue weighted by Crippen LogP contribution is 2.33. The van der Waals surface area contributed by atoms with E-state index < -0.39 is 11.9 Å². The molecular weight excluding hydrogens is 322 g/mol. The molecule has 1 aliphatic heterocycles. The van der Waals surface area contributed by atoms with Gasteiger partial charge in [0.05, 0.1) is 19.1 Å². The maximum Gasteiger partial charge on any atom is 0.308 e. The van der Waals surface area contributed by atoms with Gasteiger partial charge in [-0.2, -0.15) is 0 Å². The van der Waals surface area contributed by atoms with Crippen LogP contribution in [0.25, 0.3) is 0 Å². The Hall–Kier alpha value is -1.63. The van der Waals surface area contributed by atoms with E-state index >= 15 is 0 Å². The minimum absolute atomic E-state index is 0.0664. The summed E-state index contributed by atoms with van der Waals surface area (Å²) in [5, 5.41) is 10.0. The molecule has 23 heavy (non-hydrogen) atoms. The van der Waals surface area contributed by atoms with Gasteiger partial charge in [0.2, 0.25) is 5.91 Å². The number of aliphatic carboxylic acids is 1. The molecule has 2 atom stereocenters. The van der Waals surface area contributed by atoms with Crippen LogP contribution in [0.15, 0.2) is 24.3 Å². The summed E-state index contributed by atoms with van der Waals surface area (Å²) in [6.45, 7) is 1.24. The molecule has 1 aromatic rings. The summed E-state index contributed by atoms with van der Waals surface area (Å²) >= 11 is 5.87. The van der Waals surface area contributed by atoms with Crippen molar-refractivity contribution in [2.75, 3.05) is 40.0 Å². The lowest BCUT2D eigenvalue weighted by Crippen LogP contribution is -2.33. The Bertz CT molecular complexity index is 548. The quantitative estimate of drug-likeness (QED) is 0.763. The van der Waals surface area contributed by atoms with E-state index in [2.05, 4.69) is 0 Å². The number of amides is 1. The summed E-state index contributed by atoms with van der Waals surface area (Å²) < 4.78 is 10.1. The Balaban J connectivity index is 2.01. The van der Waals surface area contributed by atoms with Crippen molar-refractivity contribution < 1.29 is 24.2 Å². The Labute approximate surface area is 139 Å². The second-order valence-electron chi connectivity index (χ2n) is 5.45. The molecule has 1 aliphatic rings. The smallest absolute Gasteiger partial charge is 0.308 e. The molecule has 1 aromatic carbocycles. The molecule has 7 heteroatoms. The van der Waals surface area contributed by atoms with Crippen molar-refractivity contribution in [1.29, 1.82) is 0 Å². The molecule has 1 amide bonds. The summed E-state index contributed by atoms with van der Waals surface area (Å²) in [6.07, 6.45) is 0. The van der Waals surface area contributed by atoms with E-state index in [4.69, 9.17) is 21.1 Å². The molecule has 1 N–H and O–H groups in total. The number of ether oxygens (including phenoxy) is 2. The van der Waals surface area contributed by atoms with Gasteiger partial charge < -0.3 is 19.5 Å². The van der Waals surface area contributed by atoms with Crippen LogP contribution in [-0.2, 0) is 19.1 Å². The average molecular weight is 342 g/mol. The fraction of sp³-hybridized carbons (Fsp3) is 0.500. The highest BCUT2D eigenvalue weighted by Gasteiger charge is 2.40. The van der Waals surface area contributed by atoms with E-state index in [1.807, 2.05) is 12.1 Å². The first-order valence-corrected chi connectivity index (χ1v) is 7.73. The van der Waals surface area contributed by atoms with Gasteiger partial charge in [0.1, 0.15) is 6.61 Å². The minimum Gasteiger partial charge on any atom is -0.481 e. The van der Waals surface area contributed by atoms with Crippen LogP contribution in [0.4, 0.5) is 0 Å². The number of carbonyl (C=O) groups is 2. The zero-order valence-corrected chi connectivity index (χ0v) is 13.7. The van der Waals surface area contributed by atoms with Crippen LogP contribution >= 0.6 is 11.6 Å². The summed E-state index contributed by atoms with van der Waals surface area (Å²) in [5.74, 6) is -1.98. The molecule has 0 aromatic heterocycles. The SMILES string of the molecule is COCCOCC(=O)N1C[C@@H](C(=O)O)[C@H](c2ccc(Cl)cc2)C1. The fourth-order valence-electron chi connectivity index (χ4n) is 2.70. The van der Waals surface area contributed by atoms with Crippen molar-refractivity contribution in [3.8, 4) is 0 Å². The molecule has 1 fully saturated rings. The van der Waals surface area contributed by atoms with E-state index in [0.717, 1.165) is 5.56 Å². The lowest BCUT2D eigenvalue weighted by Gasteiger charge is -2.16. The van der Waals surface area contributed by atoms with Crippen LogP contribution in [-0.4, -0.2) is 61.9 Å². The highest BCUT2D eigenvalue weighted by atomic mass is 35.5. The second-order valence-corrected chi connectivity index (χ2v) is 5.88. The second kappa shape index (κ2) is 8.29. The average Bonchev–Trinajstić information content (AvgIpc) is 2.98. The normalized spacial score (nSPS) is 20.7. The zero-order valence-electron chi connectivity index (χ0n) is 12.9. The number of halogens is 1. The number of methoxy groups -OCH3 is 1. The van der Waals surface area contributed by atoms with Crippen molar-refractivity contribution in [3.05, 3.63) is 34.9 Å². The van der Waals surface area contributed by atoms with E-state index in [9.17, 15) is 14.7 Å². The predicted octanol–water partition coefficient (Wildman–Crippen LogP) is 1.63. The Kier molecular flexibility index (Phi) is 6.38. The highest BCUT2D eigenvalue weighted by molar-refractivity contribution is 6.30. The van der Waals surface area contributed by atoms with Gasteiger partial charge in [0.15, 0.2) is 0 Å². The van der Waals surface area contributed by atoms with Crippen LogP contribution < -0.4 is 0 Å². The van der Waals surface area contributed by atoms with E-state index in [1.54, 1.807) is 24.1 Å². The van der Waals surface area contributed by atoms with Crippen LogP contribution in [0.5, 0.6) is 0 Å². The van der Waals surface area contributed by atoms with Crippen LogP contribution in [0, 0.1) is 5.92 Å². The van der Waals surface area contributed by atoms with E-state index in [0.29, 0.717) is 24.8 Å². The Morgan fingerprint density at radius 2 is 1.96 bits per heavy atom. The number of likely N-dealkylation sites (tertiary alicyclic amines) is 1. The molecule has 0 unspecified atom stereocenters. The predicted molar refractivity (Wildman–Crippen MR) is 84.6 cm³/mol.